The molecule has 19 heteroatoms. The third-order valence-corrected chi connectivity index (χ3v) is 9.05. The van der Waals surface area contributed by atoms with Gasteiger partial charge in [-0.1, -0.05) is 6.07 Å². The van der Waals surface area contributed by atoms with E-state index in [1.807, 2.05) is 0 Å². The smallest absolute Gasteiger partial charge is 0.402 e. The molecule has 3 aromatic carbocycles. The average molecular weight is 788 g/mol. The number of aromatic hydroxyl groups is 4. The maximum absolute atomic E-state index is 12.6. The minimum atomic E-state index is -1.93. The summed E-state index contributed by atoms with van der Waals surface area (Å²) < 4.78 is 39.3. The largest absolute Gasteiger partial charge is 0.507 e. The molecule has 0 radical (unpaired) electrons. The molecular formula is C37H39O19+. The lowest BCUT2D eigenvalue weighted by atomic mass is 9.99. The van der Waals surface area contributed by atoms with Gasteiger partial charge in [0.2, 0.25) is 18.3 Å². The van der Waals surface area contributed by atoms with Crippen LogP contribution < -0.4 is 14.2 Å². The van der Waals surface area contributed by atoms with Crippen molar-refractivity contribution in [3.05, 3.63) is 66.2 Å². The van der Waals surface area contributed by atoms with E-state index in [1.165, 1.54) is 43.5 Å². The lowest BCUT2D eigenvalue weighted by Crippen LogP contribution is -2.60. The van der Waals surface area contributed by atoms with Crippen molar-refractivity contribution in [2.24, 2.45) is 0 Å². The van der Waals surface area contributed by atoms with Crippen LogP contribution in [0.4, 0.5) is 0 Å². The number of aliphatic hydroxyl groups is 7. The molecule has 2 aliphatic heterocycles. The first-order chi connectivity index (χ1) is 26.7. The van der Waals surface area contributed by atoms with E-state index >= 15 is 0 Å². The van der Waals surface area contributed by atoms with Crippen molar-refractivity contribution in [1.82, 2.24) is 0 Å². The molecule has 0 saturated carbocycles. The van der Waals surface area contributed by atoms with Crippen molar-refractivity contribution in [2.75, 3.05) is 20.3 Å². The van der Waals surface area contributed by atoms with Crippen LogP contribution in [0.15, 0.2) is 65.1 Å². The minimum absolute atomic E-state index is 0.00379. The van der Waals surface area contributed by atoms with Gasteiger partial charge >= 0.3 is 17.3 Å². The van der Waals surface area contributed by atoms with Crippen molar-refractivity contribution in [2.45, 2.75) is 61.4 Å². The Labute approximate surface area is 316 Å². The van der Waals surface area contributed by atoms with Gasteiger partial charge in [-0.3, -0.25) is 0 Å². The van der Waals surface area contributed by atoms with Crippen LogP contribution in [-0.4, -0.2) is 144 Å². The number of esters is 1. The number of carbonyl (C=O) groups excluding carboxylic acids is 1. The minimum Gasteiger partial charge on any atom is -0.507 e. The fourth-order valence-corrected chi connectivity index (χ4v) is 5.96. The second-order valence-electron chi connectivity index (χ2n) is 12.8. The molecule has 2 fully saturated rings. The van der Waals surface area contributed by atoms with Gasteiger partial charge in [-0.05, 0) is 35.9 Å². The zero-order chi connectivity index (χ0) is 40.4. The summed E-state index contributed by atoms with van der Waals surface area (Å²) in [6, 6.07) is 11.4. The Bertz CT molecular complexity index is 2070. The highest BCUT2D eigenvalue weighted by Gasteiger charge is 2.47. The number of aliphatic hydroxyl groups excluding tert-OH is 7. The molecule has 300 valence electrons. The molecule has 2 aliphatic rings. The Kier molecular flexibility index (Phi) is 12.0. The number of hydrogen-bond donors (Lipinski definition) is 11. The SMILES string of the molecule is COc1cc(/C=C/C(=O)OCC2O[C@@H](Oc3cc4c(O[C@@H]5OC(CO)[C@@H](O)[C@H](O)C5O)cc(O)cc4[o+]c3-c3ccc(O)c(O)c3)C(O)C(O)[C@@H]2O)ccc1O. The molecule has 0 amide bonds. The Balaban J connectivity index is 1.30. The summed E-state index contributed by atoms with van der Waals surface area (Å²) in [7, 11) is 1.35. The molecule has 4 aromatic rings. The van der Waals surface area contributed by atoms with Crippen LogP contribution in [0.3, 0.4) is 0 Å². The maximum Gasteiger partial charge on any atom is 0.402 e. The number of rotatable bonds is 11. The molecule has 56 heavy (non-hydrogen) atoms. The summed E-state index contributed by atoms with van der Waals surface area (Å²) in [6.45, 7) is -1.39. The first-order valence-electron chi connectivity index (χ1n) is 16.9. The molecule has 6 rings (SSSR count). The van der Waals surface area contributed by atoms with E-state index < -0.39 is 97.8 Å². The molecular weight excluding hydrogens is 748 g/mol. The zero-order valence-electron chi connectivity index (χ0n) is 29.2. The number of hydrogen-bond acceptors (Lipinski definition) is 18. The van der Waals surface area contributed by atoms with Gasteiger partial charge in [-0.25, -0.2) is 9.21 Å². The highest BCUT2D eigenvalue weighted by molar-refractivity contribution is 5.89. The number of methoxy groups -OCH3 is 1. The molecule has 1 aromatic heterocycles. The number of benzene rings is 3. The summed E-state index contributed by atoms with van der Waals surface area (Å²) in [5, 5.41) is 114. The molecule has 0 aliphatic carbocycles. The topological polar surface area (TPSA) is 306 Å². The maximum atomic E-state index is 12.6. The van der Waals surface area contributed by atoms with Crippen molar-refractivity contribution in [1.29, 1.82) is 0 Å². The predicted octanol–water partition coefficient (Wildman–Crippen LogP) is -0.166. The summed E-state index contributed by atoms with van der Waals surface area (Å²) in [5.41, 5.74) is 0.447. The summed E-state index contributed by atoms with van der Waals surface area (Å²) >= 11 is 0. The van der Waals surface area contributed by atoms with E-state index in [0.717, 1.165) is 30.3 Å². The normalized spacial score (nSPS) is 27.9. The lowest BCUT2D eigenvalue weighted by molar-refractivity contribution is -0.278. The van der Waals surface area contributed by atoms with E-state index in [1.54, 1.807) is 0 Å². The molecule has 0 spiro atoms. The summed E-state index contributed by atoms with van der Waals surface area (Å²) in [4.78, 5) is 12.6. The number of ether oxygens (including phenoxy) is 6. The van der Waals surface area contributed by atoms with Crippen LogP contribution in [-0.2, 0) is 19.0 Å². The number of fused-ring (bicyclic) bond motifs is 1. The first kappa shape index (κ1) is 40.2. The Morgan fingerprint density at radius 3 is 2.02 bits per heavy atom. The van der Waals surface area contributed by atoms with Crippen molar-refractivity contribution < 1.29 is 93.8 Å². The molecule has 11 N–H and O–H groups in total. The second kappa shape index (κ2) is 16.7. The van der Waals surface area contributed by atoms with Crippen LogP contribution in [0.25, 0.3) is 28.4 Å². The Morgan fingerprint density at radius 1 is 0.714 bits per heavy atom. The quantitative estimate of drug-likeness (QED) is 0.0407. The average Bonchev–Trinajstić information content (AvgIpc) is 3.18. The van der Waals surface area contributed by atoms with Gasteiger partial charge in [-0.15, -0.1) is 0 Å². The van der Waals surface area contributed by atoms with Gasteiger partial charge in [0.1, 0.15) is 72.3 Å². The van der Waals surface area contributed by atoms with E-state index in [9.17, 15) is 61.0 Å². The first-order valence-corrected chi connectivity index (χ1v) is 16.9. The van der Waals surface area contributed by atoms with Crippen LogP contribution >= 0.6 is 0 Å². The zero-order valence-corrected chi connectivity index (χ0v) is 29.2. The van der Waals surface area contributed by atoms with Gasteiger partial charge in [0.25, 0.3) is 0 Å². The van der Waals surface area contributed by atoms with Gasteiger partial charge < -0.3 is 84.6 Å². The molecule has 19 nitrogen and oxygen atoms in total. The van der Waals surface area contributed by atoms with Crippen molar-refractivity contribution in [3.63, 3.8) is 0 Å². The lowest BCUT2D eigenvalue weighted by Gasteiger charge is -2.39. The van der Waals surface area contributed by atoms with Crippen LogP contribution in [0.2, 0.25) is 0 Å². The fourth-order valence-electron chi connectivity index (χ4n) is 5.96. The van der Waals surface area contributed by atoms with E-state index in [0.29, 0.717) is 5.56 Å². The standard InChI is InChI=1S/C37H38O19/c1-50-24-8-15(2-5-20(24)41)3-7-28(43)51-14-27-30(45)32(47)34(49)37(56-27)54-25-12-18-22(52-35(25)16-4-6-19(40)21(42)9-16)10-17(39)11-23(18)53-36-33(48)31(46)29(44)26(13-38)55-36/h2-12,26-27,29-34,36-38,44-49H,13-14H2,1H3,(H3-,39,40,41,42,43)/p+1/t26?,27?,29-,30-,31+,32?,33?,34?,36-,37-/m1/s1. The van der Waals surface area contributed by atoms with Crippen LogP contribution in [0, 0.1) is 0 Å². The van der Waals surface area contributed by atoms with Crippen molar-refractivity contribution >= 4 is 23.0 Å². The third-order valence-electron chi connectivity index (χ3n) is 9.05. The third kappa shape index (κ3) is 8.35. The summed E-state index contributed by atoms with van der Waals surface area (Å²) in [6.07, 6.45) is -14.8. The highest BCUT2D eigenvalue weighted by atomic mass is 16.7. The van der Waals surface area contributed by atoms with Crippen LogP contribution in [0.1, 0.15) is 5.56 Å². The number of phenols is 4. The number of carbonyl (C=O) groups is 1. The monoisotopic (exact) mass is 787 g/mol. The second-order valence-corrected chi connectivity index (χ2v) is 12.8. The summed E-state index contributed by atoms with van der Waals surface area (Å²) in [5.74, 6) is -3.05. The van der Waals surface area contributed by atoms with E-state index in [2.05, 4.69) is 0 Å². The predicted molar refractivity (Wildman–Crippen MR) is 187 cm³/mol. The van der Waals surface area contributed by atoms with E-state index in [4.69, 9.17) is 32.8 Å². The fraction of sp³-hybridized carbons (Fsp3) is 0.351. The molecule has 5 unspecified atom stereocenters. The Hall–Kier alpha value is -5.48. The highest BCUT2D eigenvalue weighted by Crippen LogP contribution is 2.43. The molecule has 3 heterocycles. The van der Waals surface area contributed by atoms with Gasteiger partial charge in [0.15, 0.2) is 23.0 Å². The number of phenolic OH excluding ortho intramolecular Hbond substituents is 4. The molecule has 0 bridgehead atoms. The van der Waals surface area contributed by atoms with Crippen molar-refractivity contribution in [3.8, 4) is 51.6 Å². The van der Waals surface area contributed by atoms with Gasteiger partial charge in [-0.2, -0.15) is 0 Å². The molecule has 2 saturated heterocycles. The van der Waals surface area contributed by atoms with E-state index in [-0.39, 0.29) is 45.3 Å². The van der Waals surface area contributed by atoms with Gasteiger partial charge in [0.05, 0.1) is 25.3 Å². The Morgan fingerprint density at radius 2 is 1.36 bits per heavy atom. The molecule has 10 atom stereocenters. The van der Waals surface area contributed by atoms with Crippen LogP contribution in [0.5, 0.6) is 40.2 Å². The van der Waals surface area contributed by atoms with Gasteiger partial charge in [0, 0.05) is 24.3 Å².